The maximum absolute atomic E-state index is 12.9. The molecule has 4 rings (SSSR count). The Balaban J connectivity index is 1.71. The number of rotatable bonds is 3. The lowest BCUT2D eigenvalue weighted by Gasteiger charge is -2.13. The van der Waals surface area contributed by atoms with Gasteiger partial charge < -0.3 is 9.88 Å². The lowest BCUT2D eigenvalue weighted by atomic mass is 10.1. The summed E-state index contributed by atoms with van der Waals surface area (Å²) in [6.45, 7) is 4.52. The zero-order valence-corrected chi connectivity index (χ0v) is 16.3. The molecule has 1 atom stereocenters. The van der Waals surface area contributed by atoms with Gasteiger partial charge in [0.05, 0.1) is 5.52 Å². The minimum atomic E-state index is -0.332. The van der Waals surface area contributed by atoms with E-state index in [1.807, 2.05) is 37.3 Å². The van der Waals surface area contributed by atoms with Crippen molar-refractivity contribution < 1.29 is 4.79 Å². The monoisotopic (exact) mass is 410 g/mol. The van der Waals surface area contributed by atoms with Gasteiger partial charge in [0.2, 0.25) is 5.43 Å². The van der Waals surface area contributed by atoms with Crippen molar-refractivity contribution >= 4 is 32.7 Å². The van der Waals surface area contributed by atoms with Gasteiger partial charge in [0, 0.05) is 28.6 Å². The fourth-order valence-corrected chi connectivity index (χ4v) is 4.11. The normalized spacial score (nSPS) is 15.4. The van der Waals surface area contributed by atoms with Gasteiger partial charge in [0.15, 0.2) is 0 Å². The van der Waals surface area contributed by atoms with Crippen LogP contribution in [0.15, 0.2) is 51.9 Å². The zero-order valence-electron chi connectivity index (χ0n) is 14.7. The minimum Gasteiger partial charge on any atom is -0.348 e. The summed E-state index contributed by atoms with van der Waals surface area (Å²) in [5, 5.41) is 3.47. The second kappa shape index (κ2) is 6.40. The third kappa shape index (κ3) is 2.86. The molecule has 1 aliphatic rings. The fraction of sp³-hybridized carbons (Fsp3) is 0.238. The van der Waals surface area contributed by atoms with Crippen molar-refractivity contribution in [3.8, 4) is 0 Å². The van der Waals surface area contributed by atoms with Gasteiger partial charge in [-0.25, -0.2) is 0 Å². The Morgan fingerprint density at radius 2 is 2.00 bits per heavy atom. The lowest BCUT2D eigenvalue weighted by molar-refractivity contribution is 0.0949. The molecule has 0 saturated heterocycles. The summed E-state index contributed by atoms with van der Waals surface area (Å²) in [4.78, 5) is 25.6. The first-order chi connectivity index (χ1) is 12.4. The van der Waals surface area contributed by atoms with Crippen molar-refractivity contribution in [2.24, 2.45) is 0 Å². The summed E-state index contributed by atoms with van der Waals surface area (Å²) in [6.07, 6.45) is 2.58. The SMILES string of the molecule is Cc1ccc(CNC(=O)c2cn3c4c(cc(Br)cc4c2=O)C[C@H]3C)cc1. The van der Waals surface area contributed by atoms with Crippen LogP contribution >= 0.6 is 15.9 Å². The molecule has 1 aliphatic heterocycles. The second-order valence-corrected chi connectivity index (χ2v) is 7.88. The Morgan fingerprint density at radius 1 is 1.27 bits per heavy atom. The Morgan fingerprint density at radius 3 is 2.73 bits per heavy atom. The molecule has 0 aliphatic carbocycles. The molecule has 0 unspecified atom stereocenters. The van der Waals surface area contributed by atoms with Crippen molar-refractivity contribution in [2.75, 3.05) is 0 Å². The molecular weight excluding hydrogens is 392 g/mol. The standard InChI is InChI=1S/C21H19BrN2O2/c1-12-3-5-14(6-4-12)10-23-21(26)18-11-24-13(2)7-15-8-16(22)9-17(19(15)24)20(18)25/h3-6,8-9,11,13H,7,10H2,1-2H3,(H,23,26)/t13-/m1/s1. The summed E-state index contributed by atoms with van der Waals surface area (Å²) in [7, 11) is 0. The first-order valence-electron chi connectivity index (χ1n) is 8.65. The molecule has 4 nitrogen and oxygen atoms in total. The average Bonchev–Trinajstić information content (AvgIpc) is 2.92. The summed E-state index contributed by atoms with van der Waals surface area (Å²) in [5.41, 5.74) is 4.25. The molecule has 3 aromatic rings. The Labute approximate surface area is 160 Å². The van der Waals surface area contributed by atoms with E-state index in [2.05, 4.69) is 38.8 Å². The molecule has 26 heavy (non-hydrogen) atoms. The number of nitrogens with one attached hydrogen (secondary N) is 1. The molecule has 2 aromatic carbocycles. The van der Waals surface area contributed by atoms with Crippen LogP contribution in [-0.4, -0.2) is 10.5 Å². The highest BCUT2D eigenvalue weighted by Crippen LogP contribution is 2.33. The number of hydrogen-bond acceptors (Lipinski definition) is 2. The van der Waals surface area contributed by atoms with Crippen LogP contribution in [0, 0.1) is 6.92 Å². The molecule has 0 radical (unpaired) electrons. The van der Waals surface area contributed by atoms with Crippen LogP contribution in [0.3, 0.4) is 0 Å². The molecule has 1 N–H and O–H groups in total. The number of carbonyl (C=O) groups excluding carboxylic acids is 1. The van der Waals surface area contributed by atoms with E-state index in [0.717, 1.165) is 27.5 Å². The second-order valence-electron chi connectivity index (χ2n) is 6.96. The first kappa shape index (κ1) is 17.0. The van der Waals surface area contributed by atoms with E-state index in [-0.39, 0.29) is 22.9 Å². The van der Waals surface area contributed by atoms with E-state index in [4.69, 9.17) is 0 Å². The largest absolute Gasteiger partial charge is 0.348 e. The maximum Gasteiger partial charge on any atom is 0.257 e. The van der Waals surface area contributed by atoms with Crippen molar-refractivity contribution in [3.63, 3.8) is 0 Å². The third-order valence-corrected chi connectivity index (χ3v) is 5.44. The Bertz CT molecular complexity index is 1080. The maximum atomic E-state index is 12.9. The molecular formula is C21H19BrN2O2. The van der Waals surface area contributed by atoms with E-state index < -0.39 is 0 Å². The number of hydrogen-bond donors (Lipinski definition) is 1. The van der Waals surface area contributed by atoms with E-state index in [0.29, 0.717) is 11.9 Å². The average molecular weight is 411 g/mol. The number of pyridine rings is 1. The highest BCUT2D eigenvalue weighted by Gasteiger charge is 2.25. The lowest BCUT2D eigenvalue weighted by Crippen LogP contribution is -2.29. The van der Waals surface area contributed by atoms with E-state index in [1.165, 1.54) is 5.56 Å². The topological polar surface area (TPSA) is 51.1 Å². The van der Waals surface area contributed by atoms with E-state index >= 15 is 0 Å². The van der Waals surface area contributed by atoms with Crippen LogP contribution in [0.4, 0.5) is 0 Å². The number of nitrogens with zero attached hydrogens (tertiary/aromatic N) is 1. The van der Waals surface area contributed by atoms with Gasteiger partial charge in [-0.3, -0.25) is 9.59 Å². The highest BCUT2D eigenvalue weighted by atomic mass is 79.9. The minimum absolute atomic E-state index is 0.197. The molecule has 5 heteroatoms. The quantitative estimate of drug-likeness (QED) is 0.705. The number of aromatic nitrogens is 1. The molecule has 0 bridgehead atoms. The molecule has 132 valence electrons. The van der Waals surface area contributed by atoms with Crippen LogP contribution in [0.1, 0.15) is 40.0 Å². The van der Waals surface area contributed by atoms with Crippen LogP contribution in [-0.2, 0) is 13.0 Å². The Kier molecular flexibility index (Phi) is 4.19. The first-order valence-corrected chi connectivity index (χ1v) is 9.44. The van der Waals surface area contributed by atoms with Crippen LogP contribution in [0.25, 0.3) is 10.9 Å². The van der Waals surface area contributed by atoms with Crippen LogP contribution in [0.2, 0.25) is 0 Å². The molecule has 1 amide bonds. The van der Waals surface area contributed by atoms with Gasteiger partial charge >= 0.3 is 0 Å². The summed E-state index contributed by atoms with van der Waals surface area (Å²) in [6, 6.07) is 12.1. The highest BCUT2D eigenvalue weighted by molar-refractivity contribution is 9.10. The molecule has 0 fully saturated rings. The Hall–Kier alpha value is -2.40. The fourth-order valence-electron chi connectivity index (χ4n) is 3.61. The van der Waals surface area contributed by atoms with Crippen molar-refractivity contribution in [1.82, 2.24) is 9.88 Å². The van der Waals surface area contributed by atoms with Gasteiger partial charge in [0.25, 0.3) is 5.91 Å². The molecule has 2 heterocycles. The molecule has 0 saturated carbocycles. The summed E-state index contributed by atoms with van der Waals surface area (Å²) >= 11 is 3.48. The van der Waals surface area contributed by atoms with Crippen LogP contribution < -0.4 is 10.7 Å². The smallest absolute Gasteiger partial charge is 0.257 e. The summed E-state index contributed by atoms with van der Waals surface area (Å²) in [5.74, 6) is -0.332. The number of halogens is 1. The predicted molar refractivity (Wildman–Crippen MR) is 107 cm³/mol. The van der Waals surface area contributed by atoms with Gasteiger partial charge in [-0.1, -0.05) is 45.8 Å². The van der Waals surface area contributed by atoms with Gasteiger partial charge in [-0.2, -0.15) is 0 Å². The number of benzene rings is 2. The van der Waals surface area contributed by atoms with E-state index in [1.54, 1.807) is 6.20 Å². The van der Waals surface area contributed by atoms with Crippen molar-refractivity contribution in [1.29, 1.82) is 0 Å². The van der Waals surface area contributed by atoms with Gasteiger partial charge in [-0.15, -0.1) is 0 Å². The van der Waals surface area contributed by atoms with Crippen LogP contribution in [0.5, 0.6) is 0 Å². The zero-order chi connectivity index (χ0) is 18.4. The number of amides is 1. The van der Waals surface area contributed by atoms with Crippen molar-refractivity contribution in [2.45, 2.75) is 32.9 Å². The van der Waals surface area contributed by atoms with Crippen molar-refractivity contribution in [3.05, 3.63) is 79.5 Å². The molecule has 0 spiro atoms. The van der Waals surface area contributed by atoms with Gasteiger partial charge in [-0.05, 0) is 43.5 Å². The number of aryl methyl sites for hydroxylation is 1. The predicted octanol–water partition coefficient (Wildman–Crippen LogP) is 4.12. The van der Waals surface area contributed by atoms with E-state index in [9.17, 15) is 9.59 Å². The molecule has 1 aromatic heterocycles. The third-order valence-electron chi connectivity index (χ3n) is 4.98. The van der Waals surface area contributed by atoms with Gasteiger partial charge in [0.1, 0.15) is 5.56 Å². The number of carbonyl (C=O) groups is 1. The summed E-state index contributed by atoms with van der Waals surface area (Å²) < 4.78 is 2.93.